The molecule has 0 atom stereocenters. The van der Waals surface area contributed by atoms with Gasteiger partial charge in [-0.3, -0.25) is 9.59 Å². The van der Waals surface area contributed by atoms with Crippen molar-refractivity contribution in [3.63, 3.8) is 0 Å². The van der Waals surface area contributed by atoms with E-state index in [4.69, 9.17) is 27.5 Å². The molecule has 29 heavy (non-hydrogen) atoms. The van der Waals surface area contributed by atoms with Crippen LogP contribution in [0, 0.1) is 0 Å². The molecule has 0 aliphatic heterocycles. The van der Waals surface area contributed by atoms with Crippen LogP contribution in [0.5, 0.6) is 0 Å². The molecule has 9 heteroatoms. The van der Waals surface area contributed by atoms with Crippen LogP contribution >= 0.6 is 11.6 Å². The smallest absolute Gasteiger partial charge is 0.335 e. The Bertz CT molecular complexity index is 911. The third-order valence-electron chi connectivity index (χ3n) is 2.86. The Morgan fingerprint density at radius 3 is 1.76 bits per heavy atom. The number of anilines is 2. The number of benzene rings is 2. The van der Waals surface area contributed by atoms with Crippen LogP contribution in [-0.2, 0) is 9.59 Å². The van der Waals surface area contributed by atoms with Crippen LogP contribution in [0.2, 0.25) is 0 Å². The fraction of sp³-hybridized carbons (Fsp3) is 0. The quantitative estimate of drug-likeness (QED) is 0.330. The highest BCUT2D eigenvalue weighted by molar-refractivity contribution is 6.66. The maximum atomic E-state index is 10.9. The molecule has 0 saturated heterocycles. The van der Waals surface area contributed by atoms with Gasteiger partial charge in [0.05, 0.1) is 11.1 Å². The number of carboxylic acids is 2. The first-order valence-corrected chi connectivity index (χ1v) is 8.16. The maximum absolute atomic E-state index is 10.9. The van der Waals surface area contributed by atoms with Gasteiger partial charge in [-0.2, -0.15) is 0 Å². The number of carbonyl (C=O) groups excluding carboxylic acids is 2. The van der Waals surface area contributed by atoms with E-state index in [1.54, 1.807) is 24.3 Å². The number of nitrogens with two attached hydrogens (primary N) is 1. The second-order valence-electron chi connectivity index (χ2n) is 5.02. The van der Waals surface area contributed by atoms with Crippen LogP contribution in [0.25, 0.3) is 0 Å². The average molecular weight is 419 g/mol. The molecule has 5 N–H and O–H groups in total. The summed E-state index contributed by atoms with van der Waals surface area (Å²) in [4.78, 5) is 41.2. The molecular formula is C20H19ClN2O6. The molecule has 0 aliphatic rings. The second-order valence-corrected chi connectivity index (χ2v) is 5.39. The van der Waals surface area contributed by atoms with Crippen molar-refractivity contribution >= 4 is 46.1 Å². The Kier molecular flexibility index (Phi) is 11.5. The molecule has 2 aromatic carbocycles. The SMILES string of the molecule is C=CC(=O)Cl.C=CC(=O)Nc1cccc(C(=O)O)c1.Nc1cccc(C(=O)O)c1. The van der Waals surface area contributed by atoms with Gasteiger partial charge in [-0.05, 0) is 60.2 Å². The minimum atomic E-state index is -1.03. The van der Waals surface area contributed by atoms with Gasteiger partial charge < -0.3 is 21.3 Å². The molecule has 0 heterocycles. The van der Waals surface area contributed by atoms with E-state index in [0.717, 1.165) is 12.2 Å². The summed E-state index contributed by atoms with van der Waals surface area (Å²) in [6.45, 7) is 6.36. The molecule has 152 valence electrons. The number of carboxylic acid groups (broad SMARTS) is 2. The van der Waals surface area contributed by atoms with Crippen molar-refractivity contribution in [2.24, 2.45) is 0 Å². The number of allylic oxidation sites excluding steroid dienone is 1. The second kappa shape index (κ2) is 13.3. The number of hydrogen-bond donors (Lipinski definition) is 4. The third kappa shape index (κ3) is 11.4. The van der Waals surface area contributed by atoms with Gasteiger partial charge in [0.1, 0.15) is 0 Å². The molecule has 0 bridgehead atoms. The van der Waals surface area contributed by atoms with Gasteiger partial charge in [0.25, 0.3) is 0 Å². The van der Waals surface area contributed by atoms with Crippen molar-refractivity contribution in [3.05, 3.63) is 85.0 Å². The zero-order valence-electron chi connectivity index (χ0n) is 15.2. The van der Waals surface area contributed by atoms with Gasteiger partial charge in [0.2, 0.25) is 11.1 Å². The molecule has 8 nitrogen and oxygen atoms in total. The van der Waals surface area contributed by atoms with Crippen molar-refractivity contribution in [3.8, 4) is 0 Å². The number of carbonyl (C=O) groups is 4. The lowest BCUT2D eigenvalue weighted by atomic mass is 10.2. The van der Waals surface area contributed by atoms with Crippen molar-refractivity contribution in [2.75, 3.05) is 11.1 Å². The summed E-state index contributed by atoms with van der Waals surface area (Å²) in [7, 11) is 0. The molecule has 0 fully saturated rings. The summed E-state index contributed by atoms with van der Waals surface area (Å²) in [5.74, 6) is -2.35. The summed E-state index contributed by atoms with van der Waals surface area (Å²) in [6, 6.07) is 12.2. The average Bonchev–Trinajstić information content (AvgIpc) is 2.69. The maximum Gasteiger partial charge on any atom is 0.335 e. The fourth-order valence-corrected chi connectivity index (χ4v) is 1.59. The minimum absolute atomic E-state index is 0.131. The van der Waals surface area contributed by atoms with E-state index in [2.05, 4.69) is 18.5 Å². The van der Waals surface area contributed by atoms with Crippen LogP contribution < -0.4 is 11.1 Å². The number of aromatic carboxylic acids is 2. The lowest BCUT2D eigenvalue weighted by Crippen LogP contribution is -2.08. The monoisotopic (exact) mass is 418 g/mol. The summed E-state index contributed by atoms with van der Waals surface area (Å²) < 4.78 is 0. The summed E-state index contributed by atoms with van der Waals surface area (Å²) in [6.07, 6.45) is 2.16. The molecule has 0 unspecified atom stereocenters. The lowest BCUT2D eigenvalue weighted by Gasteiger charge is -2.02. The van der Waals surface area contributed by atoms with Gasteiger partial charge in [-0.1, -0.05) is 25.3 Å². The van der Waals surface area contributed by atoms with Gasteiger partial charge in [-0.25, -0.2) is 9.59 Å². The Hall–Kier alpha value is -3.91. The Morgan fingerprint density at radius 2 is 1.38 bits per heavy atom. The first-order chi connectivity index (χ1) is 13.6. The Morgan fingerprint density at radius 1 is 0.897 bits per heavy atom. The van der Waals surface area contributed by atoms with Gasteiger partial charge >= 0.3 is 11.9 Å². The molecule has 0 radical (unpaired) electrons. The highest BCUT2D eigenvalue weighted by Crippen LogP contribution is 2.10. The van der Waals surface area contributed by atoms with Gasteiger partial charge in [-0.15, -0.1) is 0 Å². The molecule has 2 aromatic rings. The summed E-state index contributed by atoms with van der Waals surface area (Å²) in [5, 5.41) is 19.1. The molecule has 0 spiro atoms. The van der Waals surface area contributed by atoms with E-state index in [-0.39, 0.29) is 17.0 Å². The van der Waals surface area contributed by atoms with Crippen LogP contribution in [0.1, 0.15) is 20.7 Å². The zero-order valence-corrected chi connectivity index (χ0v) is 15.9. The van der Waals surface area contributed by atoms with Crippen molar-refractivity contribution < 1.29 is 29.4 Å². The topological polar surface area (TPSA) is 147 Å². The highest BCUT2D eigenvalue weighted by Gasteiger charge is 2.03. The van der Waals surface area contributed by atoms with E-state index < -0.39 is 17.2 Å². The number of rotatable bonds is 5. The predicted molar refractivity (Wildman–Crippen MR) is 111 cm³/mol. The number of nitrogens with one attached hydrogen (secondary N) is 1. The number of nitrogen functional groups attached to an aromatic ring is 1. The lowest BCUT2D eigenvalue weighted by molar-refractivity contribution is -0.112. The fourth-order valence-electron chi connectivity index (χ4n) is 1.59. The summed E-state index contributed by atoms with van der Waals surface area (Å²) in [5.41, 5.74) is 6.60. The molecule has 0 aliphatic carbocycles. The minimum Gasteiger partial charge on any atom is -0.478 e. The van der Waals surface area contributed by atoms with E-state index >= 15 is 0 Å². The van der Waals surface area contributed by atoms with Crippen molar-refractivity contribution in [2.45, 2.75) is 0 Å². The molecule has 2 rings (SSSR count). The van der Waals surface area contributed by atoms with Crippen LogP contribution in [-0.4, -0.2) is 33.3 Å². The summed E-state index contributed by atoms with van der Waals surface area (Å²) >= 11 is 4.71. The van der Waals surface area contributed by atoms with Crippen molar-refractivity contribution in [1.29, 1.82) is 0 Å². The Labute approximate surface area is 171 Å². The third-order valence-corrected chi connectivity index (χ3v) is 3.01. The van der Waals surface area contributed by atoms with E-state index in [9.17, 15) is 19.2 Å². The van der Waals surface area contributed by atoms with Crippen molar-refractivity contribution in [1.82, 2.24) is 0 Å². The van der Waals surface area contributed by atoms with Gasteiger partial charge in [0, 0.05) is 11.4 Å². The number of amides is 1. The van der Waals surface area contributed by atoms with Crippen LogP contribution in [0.4, 0.5) is 11.4 Å². The molecular weight excluding hydrogens is 400 g/mol. The van der Waals surface area contributed by atoms with Crippen LogP contribution in [0.15, 0.2) is 73.8 Å². The standard InChI is InChI=1S/C10H9NO3.C7H7NO2.C3H3ClO/c1-2-9(12)11-8-5-3-4-7(6-8)10(13)14;8-6-3-1-2-5(4-6)7(9)10;1-2-3(4)5/h2-6H,1H2,(H,11,12)(H,13,14);1-4H,8H2,(H,9,10);2H,1H2. The zero-order chi connectivity index (χ0) is 22.4. The largest absolute Gasteiger partial charge is 0.478 e. The van der Waals surface area contributed by atoms with E-state index in [1.807, 2.05) is 0 Å². The van der Waals surface area contributed by atoms with E-state index in [0.29, 0.717) is 11.4 Å². The van der Waals surface area contributed by atoms with Gasteiger partial charge in [0.15, 0.2) is 0 Å². The number of hydrogen-bond acceptors (Lipinski definition) is 5. The normalized spacial score (nSPS) is 8.72. The first-order valence-electron chi connectivity index (χ1n) is 7.78. The molecule has 0 saturated carbocycles. The molecule has 0 aromatic heterocycles. The number of halogens is 1. The molecule has 1 amide bonds. The van der Waals surface area contributed by atoms with Crippen LogP contribution in [0.3, 0.4) is 0 Å². The Balaban J connectivity index is 0.000000455. The highest BCUT2D eigenvalue weighted by atomic mass is 35.5. The predicted octanol–water partition coefficient (Wildman–Crippen LogP) is 3.41. The van der Waals surface area contributed by atoms with E-state index in [1.165, 1.54) is 24.3 Å². The first kappa shape index (κ1) is 25.1.